The van der Waals surface area contributed by atoms with Crippen LogP contribution >= 0.6 is 11.3 Å². The van der Waals surface area contributed by atoms with Gasteiger partial charge in [-0.2, -0.15) is 0 Å². The number of carboxylic acid groups (broad SMARTS) is 1. The lowest BCUT2D eigenvalue weighted by Crippen LogP contribution is -2.41. The highest BCUT2D eigenvalue weighted by Gasteiger charge is 2.31. The van der Waals surface area contributed by atoms with Crippen molar-refractivity contribution >= 4 is 28.7 Å². The molecule has 0 aliphatic carbocycles. The zero-order valence-electron chi connectivity index (χ0n) is 14.7. The number of thiophene rings is 1. The van der Waals surface area contributed by atoms with Crippen LogP contribution in [0, 0.1) is 0 Å². The van der Waals surface area contributed by atoms with Crippen molar-refractivity contribution in [2.75, 3.05) is 7.11 Å². The minimum absolute atomic E-state index is 0.125. The molecule has 1 unspecified atom stereocenters. The summed E-state index contributed by atoms with van der Waals surface area (Å²) in [5.74, 6) is -0.166. The fourth-order valence-corrected chi connectivity index (χ4v) is 4.10. The maximum absolute atomic E-state index is 12.4. The standard InChI is InChI=1S/C18H23NO4S2/c1-18(2,3)25(22)19-14(11-17(20)21)16-9-8-15(24-16)12-6-5-7-13(10-12)23-4/h5-10,14,19H,11H2,1-4H3,(H,20,21)/t14?,25-/m1/s1. The molecule has 2 atom stereocenters. The lowest BCUT2D eigenvalue weighted by atomic mass is 10.1. The summed E-state index contributed by atoms with van der Waals surface area (Å²) in [6, 6.07) is 11.0. The second kappa shape index (κ2) is 8.23. The van der Waals surface area contributed by atoms with Gasteiger partial charge in [-0.15, -0.1) is 16.1 Å². The molecule has 2 aromatic rings. The Morgan fingerprint density at radius 3 is 2.68 bits per heavy atom. The highest BCUT2D eigenvalue weighted by atomic mass is 32.2. The second-order valence-corrected chi connectivity index (χ2v) is 9.70. The SMILES string of the molecule is COc1cccc(-c2ccc(C(CC(=O)O)N[S@+]([O-])C(C)(C)C)s2)c1. The van der Waals surface area contributed by atoms with Crippen molar-refractivity contribution in [3.63, 3.8) is 0 Å². The van der Waals surface area contributed by atoms with E-state index in [2.05, 4.69) is 4.72 Å². The Balaban J connectivity index is 2.26. The van der Waals surface area contributed by atoms with E-state index in [1.54, 1.807) is 7.11 Å². The van der Waals surface area contributed by atoms with Crippen molar-refractivity contribution in [3.8, 4) is 16.2 Å². The second-order valence-electron chi connectivity index (χ2n) is 6.58. The molecular weight excluding hydrogens is 358 g/mol. The van der Waals surface area contributed by atoms with Crippen LogP contribution in [0.2, 0.25) is 0 Å². The summed E-state index contributed by atoms with van der Waals surface area (Å²) in [5.41, 5.74) is 1.00. The summed E-state index contributed by atoms with van der Waals surface area (Å²) in [7, 11) is 1.62. The summed E-state index contributed by atoms with van der Waals surface area (Å²) in [6.45, 7) is 5.55. The predicted molar refractivity (Wildman–Crippen MR) is 102 cm³/mol. The molecule has 7 heteroatoms. The highest BCUT2D eigenvalue weighted by Crippen LogP contribution is 2.35. The van der Waals surface area contributed by atoms with Crippen LogP contribution in [0.1, 0.15) is 38.1 Å². The van der Waals surface area contributed by atoms with Crippen LogP contribution in [0.25, 0.3) is 10.4 Å². The van der Waals surface area contributed by atoms with E-state index in [1.165, 1.54) is 11.3 Å². The Hall–Kier alpha value is -1.54. The van der Waals surface area contributed by atoms with E-state index in [0.717, 1.165) is 21.1 Å². The molecule has 0 bridgehead atoms. The van der Waals surface area contributed by atoms with Crippen molar-refractivity contribution in [1.29, 1.82) is 0 Å². The molecule has 1 aromatic heterocycles. The molecule has 2 rings (SSSR count). The van der Waals surface area contributed by atoms with Gasteiger partial charge in [0, 0.05) is 21.1 Å². The number of hydrogen-bond acceptors (Lipinski definition) is 5. The van der Waals surface area contributed by atoms with Gasteiger partial charge in [0.2, 0.25) is 0 Å². The number of ether oxygens (including phenoxy) is 1. The average Bonchev–Trinajstić information content (AvgIpc) is 3.03. The van der Waals surface area contributed by atoms with Crippen LogP contribution in [0.15, 0.2) is 36.4 Å². The number of rotatable bonds is 7. The number of aliphatic carboxylic acids is 1. The van der Waals surface area contributed by atoms with Crippen LogP contribution in [-0.2, 0) is 16.2 Å². The zero-order valence-corrected chi connectivity index (χ0v) is 16.4. The number of methoxy groups -OCH3 is 1. The van der Waals surface area contributed by atoms with Crippen LogP contribution in [-0.4, -0.2) is 27.5 Å². The van der Waals surface area contributed by atoms with E-state index in [9.17, 15) is 14.5 Å². The fourth-order valence-electron chi connectivity index (χ4n) is 2.15. The van der Waals surface area contributed by atoms with Gasteiger partial charge in [0.05, 0.1) is 19.6 Å². The minimum atomic E-state index is -1.35. The maximum atomic E-state index is 12.4. The average molecular weight is 382 g/mol. The first-order valence-corrected chi connectivity index (χ1v) is 9.81. The largest absolute Gasteiger partial charge is 0.598 e. The molecule has 1 aromatic carbocycles. The van der Waals surface area contributed by atoms with Gasteiger partial charge in [-0.1, -0.05) is 12.1 Å². The van der Waals surface area contributed by atoms with Crippen molar-refractivity contribution in [3.05, 3.63) is 41.3 Å². The van der Waals surface area contributed by atoms with Gasteiger partial charge >= 0.3 is 5.97 Å². The zero-order chi connectivity index (χ0) is 18.6. The van der Waals surface area contributed by atoms with E-state index < -0.39 is 28.1 Å². The van der Waals surface area contributed by atoms with E-state index >= 15 is 0 Å². The van der Waals surface area contributed by atoms with E-state index in [4.69, 9.17) is 4.74 Å². The lowest BCUT2D eigenvalue weighted by molar-refractivity contribution is -0.137. The van der Waals surface area contributed by atoms with Gasteiger partial charge in [0.1, 0.15) is 10.5 Å². The molecule has 136 valence electrons. The van der Waals surface area contributed by atoms with Crippen molar-refractivity contribution in [1.82, 2.24) is 4.72 Å². The third-order valence-electron chi connectivity index (χ3n) is 3.51. The van der Waals surface area contributed by atoms with Crippen LogP contribution in [0.5, 0.6) is 5.75 Å². The fraction of sp³-hybridized carbons (Fsp3) is 0.389. The molecule has 0 fully saturated rings. The number of carbonyl (C=O) groups is 1. The van der Waals surface area contributed by atoms with Gasteiger partial charge in [-0.25, -0.2) is 0 Å². The van der Waals surface area contributed by atoms with Gasteiger partial charge in [-0.3, -0.25) is 4.79 Å². The molecule has 0 radical (unpaired) electrons. The summed E-state index contributed by atoms with van der Waals surface area (Å²) < 4.78 is 20.1. The van der Waals surface area contributed by atoms with Gasteiger partial charge in [-0.05, 0) is 50.6 Å². The highest BCUT2D eigenvalue weighted by molar-refractivity contribution is 7.90. The first-order valence-electron chi connectivity index (χ1n) is 7.84. The normalized spacial score (nSPS) is 14.1. The third-order valence-corrected chi connectivity index (χ3v) is 6.37. The molecule has 0 aliphatic heterocycles. The molecule has 0 saturated heterocycles. The van der Waals surface area contributed by atoms with E-state index in [-0.39, 0.29) is 6.42 Å². The molecule has 0 spiro atoms. The summed E-state index contributed by atoms with van der Waals surface area (Å²) in [6.07, 6.45) is -0.125. The predicted octanol–water partition coefficient (Wildman–Crippen LogP) is 3.99. The maximum Gasteiger partial charge on any atom is 0.305 e. The lowest BCUT2D eigenvalue weighted by Gasteiger charge is -2.27. The molecule has 5 nitrogen and oxygen atoms in total. The van der Waals surface area contributed by atoms with Crippen molar-refractivity contribution < 1.29 is 19.2 Å². The Morgan fingerprint density at radius 1 is 1.36 bits per heavy atom. The first kappa shape index (κ1) is 19.8. The Kier molecular flexibility index (Phi) is 6.51. The van der Waals surface area contributed by atoms with Crippen LogP contribution in [0.3, 0.4) is 0 Å². The van der Waals surface area contributed by atoms with Crippen molar-refractivity contribution in [2.24, 2.45) is 0 Å². The quantitative estimate of drug-likeness (QED) is 0.709. The van der Waals surface area contributed by atoms with Crippen LogP contribution < -0.4 is 9.46 Å². The monoisotopic (exact) mass is 381 g/mol. The van der Waals surface area contributed by atoms with Gasteiger partial charge < -0.3 is 14.4 Å². The Labute approximate surface area is 155 Å². The number of nitrogens with one attached hydrogen (secondary N) is 1. The molecule has 0 aliphatic rings. The van der Waals surface area contributed by atoms with Gasteiger partial charge in [0.25, 0.3) is 0 Å². The molecule has 2 N–H and O–H groups in total. The smallest absolute Gasteiger partial charge is 0.305 e. The van der Waals surface area contributed by atoms with Gasteiger partial charge in [0.15, 0.2) is 0 Å². The number of hydrogen-bond donors (Lipinski definition) is 2. The molecular formula is C18H23NO4S2. The topological polar surface area (TPSA) is 81.6 Å². The van der Waals surface area contributed by atoms with E-state index in [0.29, 0.717) is 0 Å². The molecule has 25 heavy (non-hydrogen) atoms. The van der Waals surface area contributed by atoms with Crippen molar-refractivity contribution in [2.45, 2.75) is 38.0 Å². The first-order chi connectivity index (χ1) is 11.7. The molecule has 1 heterocycles. The Bertz CT molecular complexity index is 724. The summed E-state index contributed by atoms with van der Waals surface area (Å²) in [4.78, 5) is 13.1. The van der Waals surface area contributed by atoms with Crippen LogP contribution in [0.4, 0.5) is 0 Å². The molecule has 0 saturated carbocycles. The summed E-state index contributed by atoms with van der Waals surface area (Å²) in [5, 5.41) is 9.20. The van der Waals surface area contributed by atoms with E-state index in [1.807, 2.05) is 57.2 Å². The third kappa shape index (κ3) is 5.47. The number of carboxylic acids is 1. The minimum Gasteiger partial charge on any atom is -0.598 e. The summed E-state index contributed by atoms with van der Waals surface area (Å²) >= 11 is 0.141. The number of benzene rings is 1. The molecule has 0 amide bonds. The Morgan fingerprint density at radius 2 is 2.08 bits per heavy atom.